The molecule has 0 N–H and O–H groups in total. The summed E-state index contributed by atoms with van der Waals surface area (Å²) in [5.74, 6) is 1.81. The van der Waals surface area contributed by atoms with E-state index in [9.17, 15) is 4.79 Å². The van der Waals surface area contributed by atoms with E-state index in [1.54, 1.807) is 14.2 Å². The van der Waals surface area contributed by atoms with Crippen LogP contribution in [0.4, 0.5) is 5.69 Å². The van der Waals surface area contributed by atoms with Crippen LogP contribution < -0.4 is 14.4 Å². The fourth-order valence-corrected chi connectivity index (χ4v) is 3.77. The summed E-state index contributed by atoms with van der Waals surface area (Å²) >= 11 is 0. The largest absolute Gasteiger partial charge is 0.497 e. The lowest BCUT2D eigenvalue weighted by Gasteiger charge is -2.36. The Kier molecular flexibility index (Phi) is 6.45. The van der Waals surface area contributed by atoms with Crippen molar-refractivity contribution >= 4 is 11.6 Å². The number of carbonyl (C=O) groups is 1. The number of amides is 1. The number of rotatable bonds is 6. The van der Waals surface area contributed by atoms with Crippen molar-refractivity contribution < 1.29 is 14.3 Å². The molecule has 2 aromatic rings. The molecule has 1 heterocycles. The molecule has 1 aliphatic rings. The fourth-order valence-electron chi connectivity index (χ4n) is 3.77. The highest BCUT2D eigenvalue weighted by atomic mass is 16.5. The van der Waals surface area contributed by atoms with Gasteiger partial charge in [-0.1, -0.05) is 25.1 Å². The monoisotopic (exact) mass is 382 g/mol. The summed E-state index contributed by atoms with van der Waals surface area (Å²) in [4.78, 5) is 17.2. The zero-order valence-electron chi connectivity index (χ0n) is 17.3. The van der Waals surface area contributed by atoms with Crippen LogP contribution in [0.2, 0.25) is 0 Å². The van der Waals surface area contributed by atoms with Gasteiger partial charge in [-0.15, -0.1) is 0 Å². The summed E-state index contributed by atoms with van der Waals surface area (Å²) in [6, 6.07) is 14.3. The van der Waals surface area contributed by atoms with Crippen LogP contribution in [-0.4, -0.2) is 51.2 Å². The van der Waals surface area contributed by atoms with Crippen LogP contribution >= 0.6 is 0 Å². The maximum absolute atomic E-state index is 12.8. The van der Waals surface area contributed by atoms with E-state index in [4.69, 9.17) is 9.47 Å². The molecule has 5 nitrogen and oxygen atoms in total. The summed E-state index contributed by atoms with van der Waals surface area (Å²) in [5, 5.41) is 0. The topological polar surface area (TPSA) is 42.0 Å². The lowest BCUT2D eigenvalue weighted by atomic mass is 9.95. The molecule has 1 saturated heterocycles. The summed E-state index contributed by atoms with van der Waals surface area (Å²) in [5.41, 5.74) is 3.54. The van der Waals surface area contributed by atoms with E-state index in [2.05, 4.69) is 43.0 Å². The molecule has 1 amide bonds. The quantitative estimate of drug-likeness (QED) is 0.761. The average Bonchev–Trinajstić information content (AvgIpc) is 2.73. The van der Waals surface area contributed by atoms with E-state index in [0.717, 1.165) is 43.2 Å². The van der Waals surface area contributed by atoms with Crippen molar-refractivity contribution in [1.82, 2.24) is 4.90 Å². The van der Waals surface area contributed by atoms with E-state index in [1.165, 1.54) is 11.3 Å². The normalized spacial score (nSPS) is 15.3. The average molecular weight is 383 g/mol. The predicted molar refractivity (Wildman–Crippen MR) is 113 cm³/mol. The summed E-state index contributed by atoms with van der Waals surface area (Å²) in [6.07, 6.45) is 0.479. The Morgan fingerprint density at radius 2 is 1.79 bits per heavy atom. The number of aryl methyl sites for hydroxylation is 1. The third-order valence-corrected chi connectivity index (χ3v) is 5.45. The molecule has 0 aromatic heterocycles. The standard InChI is InChI=1S/C23H30N2O3/c1-17-6-5-7-19(14-17)24-10-12-25(13-11-24)23(26)15-18(2)21-9-8-20(27-3)16-22(21)28-4/h5-9,14,16,18H,10-13,15H2,1-4H3. The van der Waals surface area contributed by atoms with Crippen molar-refractivity contribution in [1.29, 1.82) is 0 Å². The van der Waals surface area contributed by atoms with Gasteiger partial charge in [-0.05, 0) is 42.2 Å². The van der Waals surface area contributed by atoms with Crippen LogP contribution in [0.15, 0.2) is 42.5 Å². The number of hydrogen-bond acceptors (Lipinski definition) is 4. The first kappa shape index (κ1) is 20.1. The summed E-state index contributed by atoms with van der Waals surface area (Å²) in [6.45, 7) is 7.45. The third kappa shape index (κ3) is 4.58. The van der Waals surface area contributed by atoms with Gasteiger partial charge in [0.25, 0.3) is 0 Å². The number of nitrogens with zero attached hydrogens (tertiary/aromatic N) is 2. The van der Waals surface area contributed by atoms with Crippen LogP contribution in [-0.2, 0) is 4.79 Å². The lowest BCUT2D eigenvalue weighted by Crippen LogP contribution is -2.49. The van der Waals surface area contributed by atoms with Gasteiger partial charge in [0, 0.05) is 44.4 Å². The number of carbonyl (C=O) groups excluding carboxylic acids is 1. The maximum atomic E-state index is 12.8. The van der Waals surface area contributed by atoms with Gasteiger partial charge in [-0.3, -0.25) is 4.79 Å². The van der Waals surface area contributed by atoms with Gasteiger partial charge in [-0.2, -0.15) is 0 Å². The third-order valence-electron chi connectivity index (χ3n) is 5.45. The Balaban J connectivity index is 1.58. The van der Waals surface area contributed by atoms with E-state index >= 15 is 0 Å². The first-order valence-corrected chi connectivity index (χ1v) is 9.83. The Bertz CT molecular complexity index is 813. The molecule has 2 aromatic carbocycles. The van der Waals surface area contributed by atoms with Crippen molar-refractivity contribution in [3.8, 4) is 11.5 Å². The Labute approximate surface area is 167 Å². The molecule has 0 aliphatic carbocycles. The molecular weight excluding hydrogens is 352 g/mol. The van der Waals surface area contributed by atoms with Gasteiger partial charge in [-0.25, -0.2) is 0 Å². The van der Waals surface area contributed by atoms with Crippen molar-refractivity contribution in [2.24, 2.45) is 0 Å². The molecular formula is C23H30N2O3. The highest BCUT2D eigenvalue weighted by Gasteiger charge is 2.24. The van der Waals surface area contributed by atoms with E-state index < -0.39 is 0 Å². The second-order valence-corrected chi connectivity index (χ2v) is 7.42. The van der Waals surface area contributed by atoms with Gasteiger partial charge < -0.3 is 19.3 Å². The van der Waals surface area contributed by atoms with Crippen LogP contribution in [0, 0.1) is 6.92 Å². The fraction of sp³-hybridized carbons (Fsp3) is 0.435. The highest BCUT2D eigenvalue weighted by Crippen LogP contribution is 2.32. The molecule has 1 fully saturated rings. The minimum atomic E-state index is 0.0863. The van der Waals surface area contributed by atoms with Crippen LogP contribution in [0.3, 0.4) is 0 Å². The molecule has 0 radical (unpaired) electrons. The van der Waals surface area contributed by atoms with Crippen molar-refractivity contribution in [3.63, 3.8) is 0 Å². The lowest BCUT2D eigenvalue weighted by molar-refractivity contribution is -0.131. The maximum Gasteiger partial charge on any atom is 0.223 e. The summed E-state index contributed by atoms with van der Waals surface area (Å²) < 4.78 is 10.8. The number of methoxy groups -OCH3 is 2. The summed E-state index contributed by atoms with van der Waals surface area (Å²) in [7, 11) is 3.29. The number of anilines is 1. The molecule has 0 saturated carbocycles. The van der Waals surface area contributed by atoms with E-state index in [-0.39, 0.29) is 11.8 Å². The highest BCUT2D eigenvalue weighted by molar-refractivity contribution is 5.77. The SMILES string of the molecule is COc1ccc(C(C)CC(=O)N2CCN(c3cccc(C)c3)CC2)c(OC)c1. The van der Waals surface area contributed by atoms with Crippen LogP contribution in [0.1, 0.15) is 30.4 Å². The molecule has 0 bridgehead atoms. The molecule has 0 spiro atoms. The minimum Gasteiger partial charge on any atom is -0.497 e. The van der Waals surface area contributed by atoms with Gasteiger partial charge in [0.15, 0.2) is 0 Å². The minimum absolute atomic E-state index is 0.0863. The molecule has 28 heavy (non-hydrogen) atoms. The molecule has 3 rings (SSSR count). The van der Waals surface area contributed by atoms with Crippen molar-refractivity contribution in [2.75, 3.05) is 45.3 Å². The van der Waals surface area contributed by atoms with E-state index in [1.807, 2.05) is 23.1 Å². The van der Waals surface area contributed by atoms with Gasteiger partial charge in [0.05, 0.1) is 14.2 Å². The number of hydrogen-bond donors (Lipinski definition) is 0. The van der Waals surface area contributed by atoms with Crippen LogP contribution in [0.25, 0.3) is 0 Å². The first-order valence-electron chi connectivity index (χ1n) is 9.83. The second kappa shape index (κ2) is 9.00. The predicted octanol–water partition coefficient (Wildman–Crippen LogP) is 3.85. The smallest absolute Gasteiger partial charge is 0.223 e. The van der Waals surface area contributed by atoms with Crippen LogP contribution in [0.5, 0.6) is 11.5 Å². The number of ether oxygens (including phenoxy) is 2. The molecule has 1 atom stereocenters. The Hall–Kier alpha value is -2.69. The van der Waals surface area contributed by atoms with Crippen molar-refractivity contribution in [3.05, 3.63) is 53.6 Å². The van der Waals surface area contributed by atoms with E-state index in [0.29, 0.717) is 6.42 Å². The molecule has 5 heteroatoms. The zero-order valence-corrected chi connectivity index (χ0v) is 17.3. The van der Waals surface area contributed by atoms with Gasteiger partial charge in [0.1, 0.15) is 11.5 Å². The Morgan fingerprint density at radius 1 is 1.04 bits per heavy atom. The van der Waals surface area contributed by atoms with Crippen molar-refractivity contribution in [2.45, 2.75) is 26.2 Å². The molecule has 1 unspecified atom stereocenters. The van der Waals surface area contributed by atoms with Gasteiger partial charge >= 0.3 is 0 Å². The zero-order chi connectivity index (χ0) is 20.1. The first-order chi connectivity index (χ1) is 13.5. The Morgan fingerprint density at radius 3 is 2.43 bits per heavy atom. The number of piperazine rings is 1. The number of benzene rings is 2. The molecule has 150 valence electrons. The van der Waals surface area contributed by atoms with Gasteiger partial charge in [0.2, 0.25) is 5.91 Å². The second-order valence-electron chi connectivity index (χ2n) is 7.42. The molecule has 1 aliphatic heterocycles.